The van der Waals surface area contributed by atoms with Gasteiger partial charge in [0, 0.05) is 0 Å². The monoisotopic (exact) mass is 281 g/mol. The molecule has 0 heterocycles. The van der Waals surface area contributed by atoms with Crippen molar-refractivity contribution in [3.05, 3.63) is 0 Å². The van der Waals surface area contributed by atoms with Crippen LogP contribution in [0.4, 0.5) is 0 Å². The van der Waals surface area contributed by atoms with Gasteiger partial charge in [0.15, 0.2) is 15.1 Å². The summed E-state index contributed by atoms with van der Waals surface area (Å²) in [7, 11) is -4.11. The van der Waals surface area contributed by atoms with E-state index in [-0.39, 0.29) is 13.0 Å². The third-order valence-corrected chi connectivity index (χ3v) is 3.82. The molecule has 0 amide bonds. The van der Waals surface area contributed by atoms with Crippen molar-refractivity contribution in [1.29, 1.82) is 0 Å². The molecule has 0 rings (SSSR count). The van der Waals surface area contributed by atoms with Gasteiger partial charge in [0.1, 0.15) is 11.4 Å². The quantitative estimate of drug-likeness (QED) is 0.631. The molecule has 0 spiro atoms. The summed E-state index contributed by atoms with van der Waals surface area (Å²) in [6.07, 6.45) is -0.236. The molecule has 0 aliphatic rings. The number of carbonyl (C=O) groups is 2. The van der Waals surface area contributed by atoms with Crippen LogP contribution in [0.15, 0.2) is 0 Å². The number of hydrogen-bond acceptors (Lipinski definition) is 6. The number of carbonyl (C=O) groups excluding carboxylic acids is 1. The fraction of sp³-hybridized carbons (Fsp3) is 0.800. The van der Waals surface area contributed by atoms with Crippen LogP contribution in [0.5, 0.6) is 0 Å². The lowest BCUT2D eigenvalue weighted by Crippen LogP contribution is -2.38. The first-order valence-corrected chi connectivity index (χ1v) is 7.07. The first-order chi connectivity index (χ1) is 7.99. The van der Waals surface area contributed by atoms with Gasteiger partial charge in [-0.05, 0) is 33.7 Å². The Bertz CT molecular complexity index is 409. The number of carboxylic acids is 1. The predicted octanol–water partition coefficient (Wildman–Crippen LogP) is -0.455. The lowest BCUT2D eigenvalue weighted by atomic mass is 10.2. The molecule has 0 aromatic carbocycles. The van der Waals surface area contributed by atoms with Gasteiger partial charge in [-0.1, -0.05) is 0 Å². The van der Waals surface area contributed by atoms with Crippen LogP contribution < -0.4 is 5.73 Å². The second kappa shape index (κ2) is 6.14. The Morgan fingerprint density at radius 2 is 1.83 bits per heavy atom. The molecular weight excluding hydrogens is 262 g/mol. The van der Waals surface area contributed by atoms with Crippen molar-refractivity contribution in [2.24, 2.45) is 5.73 Å². The maximum absolute atomic E-state index is 11.7. The first kappa shape index (κ1) is 16.9. The van der Waals surface area contributed by atoms with Crippen LogP contribution in [0.1, 0.15) is 27.2 Å². The summed E-state index contributed by atoms with van der Waals surface area (Å²) in [5.74, 6) is -3.43. The molecule has 0 aromatic heterocycles. The van der Waals surface area contributed by atoms with Gasteiger partial charge in [0.05, 0.1) is 0 Å². The van der Waals surface area contributed by atoms with E-state index in [0.29, 0.717) is 0 Å². The molecule has 106 valence electrons. The Morgan fingerprint density at radius 3 is 2.17 bits per heavy atom. The van der Waals surface area contributed by atoms with Crippen LogP contribution in [-0.2, 0) is 24.2 Å². The van der Waals surface area contributed by atoms with E-state index in [4.69, 9.17) is 15.6 Å². The van der Waals surface area contributed by atoms with Crippen LogP contribution in [0, 0.1) is 0 Å². The molecule has 0 fully saturated rings. The zero-order valence-corrected chi connectivity index (χ0v) is 11.5. The van der Waals surface area contributed by atoms with Gasteiger partial charge in [0.25, 0.3) is 0 Å². The van der Waals surface area contributed by atoms with E-state index in [1.807, 2.05) is 0 Å². The summed E-state index contributed by atoms with van der Waals surface area (Å²) < 4.78 is 28.3. The van der Waals surface area contributed by atoms with E-state index in [1.165, 1.54) is 0 Å². The Labute approximate surface area is 106 Å². The minimum atomic E-state index is -4.11. The topological polar surface area (TPSA) is 124 Å². The van der Waals surface area contributed by atoms with E-state index in [0.717, 1.165) is 0 Å². The first-order valence-electron chi connectivity index (χ1n) is 5.36. The van der Waals surface area contributed by atoms with Crippen molar-refractivity contribution in [2.45, 2.75) is 38.0 Å². The summed E-state index contributed by atoms with van der Waals surface area (Å²) in [4.78, 5) is 22.2. The highest BCUT2D eigenvalue weighted by molar-refractivity contribution is 7.93. The molecule has 0 radical (unpaired) electrons. The van der Waals surface area contributed by atoms with Gasteiger partial charge in [-0.15, -0.1) is 0 Å². The van der Waals surface area contributed by atoms with Crippen molar-refractivity contribution in [3.8, 4) is 0 Å². The molecule has 0 bridgehead atoms. The molecular formula is C10H19NO6S. The maximum atomic E-state index is 11.7. The molecule has 1 atom stereocenters. The van der Waals surface area contributed by atoms with E-state index in [1.54, 1.807) is 20.8 Å². The third-order valence-electron chi connectivity index (χ3n) is 1.88. The molecule has 0 aromatic rings. The molecule has 8 heteroatoms. The van der Waals surface area contributed by atoms with E-state index in [9.17, 15) is 18.0 Å². The smallest absolute Gasteiger partial charge is 0.321 e. The van der Waals surface area contributed by atoms with Gasteiger partial charge < -0.3 is 15.6 Å². The summed E-state index contributed by atoms with van der Waals surface area (Å²) >= 11 is 0. The number of nitrogens with two attached hydrogens (primary N) is 1. The van der Waals surface area contributed by atoms with Crippen molar-refractivity contribution in [3.63, 3.8) is 0 Å². The molecule has 0 saturated carbocycles. The highest BCUT2D eigenvalue weighted by atomic mass is 32.2. The van der Waals surface area contributed by atoms with Crippen molar-refractivity contribution >= 4 is 21.8 Å². The molecule has 1 unspecified atom stereocenters. The zero-order valence-electron chi connectivity index (χ0n) is 10.7. The van der Waals surface area contributed by atoms with Crippen LogP contribution in [0.3, 0.4) is 0 Å². The van der Waals surface area contributed by atoms with Gasteiger partial charge in [-0.25, -0.2) is 8.42 Å². The largest absolute Gasteiger partial charge is 0.480 e. The van der Waals surface area contributed by atoms with E-state index in [2.05, 4.69) is 0 Å². The second-order valence-electron chi connectivity index (χ2n) is 4.80. The fourth-order valence-electron chi connectivity index (χ4n) is 1.24. The Hall–Kier alpha value is -1.15. The fourth-order valence-corrected chi connectivity index (χ4v) is 2.63. The van der Waals surface area contributed by atoms with Crippen LogP contribution >= 0.6 is 0 Å². The number of carboxylic acid groups (broad SMARTS) is 1. The number of esters is 1. The Morgan fingerprint density at radius 1 is 1.33 bits per heavy atom. The summed E-state index contributed by atoms with van der Waals surface area (Å²) in [5.41, 5.74) is 4.33. The van der Waals surface area contributed by atoms with Gasteiger partial charge in [0.2, 0.25) is 0 Å². The molecule has 0 saturated heterocycles. The lowest BCUT2D eigenvalue weighted by Gasteiger charge is -2.20. The standard InChI is InChI=1S/C10H19NO6S/c1-10(2,3)17-8(12)6-18(15,16)7(4-5-11)9(13)14/h7H,4-6,11H2,1-3H3,(H,13,14). The normalized spacial score (nSPS) is 14.0. The summed E-state index contributed by atoms with van der Waals surface area (Å²) in [6.45, 7) is 4.68. The van der Waals surface area contributed by atoms with Gasteiger partial charge in [-0.3, -0.25) is 9.59 Å². The highest BCUT2D eigenvalue weighted by Crippen LogP contribution is 2.12. The van der Waals surface area contributed by atoms with Gasteiger partial charge in [-0.2, -0.15) is 0 Å². The number of ether oxygens (including phenoxy) is 1. The van der Waals surface area contributed by atoms with Gasteiger partial charge >= 0.3 is 11.9 Å². The van der Waals surface area contributed by atoms with E-state index >= 15 is 0 Å². The average molecular weight is 281 g/mol. The Balaban J connectivity index is 4.83. The molecule has 18 heavy (non-hydrogen) atoms. The van der Waals surface area contributed by atoms with E-state index < -0.39 is 38.4 Å². The van der Waals surface area contributed by atoms with Crippen LogP contribution in [-0.4, -0.2) is 48.6 Å². The lowest BCUT2D eigenvalue weighted by molar-refractivity contribution is -0.151. The molecule has 3 N–H and O–H groups in total. The minimum absolute atomic E-state index is 0.0927. The Kier molecular flexibility index (Phi) is 5.75. The minimum Gasteiger partial charge on any atom is -0.480 e. The van der Waals surface area contributed by atoms with Crippen molar-refractivity contribution in [2.75, 3.05) is 12.3 Å². The molecule has 7 nitrogen and oxygen atoms in total. The molecule has 0 aliphatic carbocycles. The SMILES string of the molecule is CC(C)(C)OC(=O)CS(=O)(=O)C(CCN)C(=O)O. The summed E-state index contributed by atoms with van der Waals surface area (Å²) in [6, 6.07) is 0. The third kappa shape index (κ3) is 5.97. The maximum Gasteiger partial charge on any atom is 0.321 e. The van der Waals surface area contributed by atoms with Crippen molar-refractivity contribution in [1.82, 2.24) is 0 Å². The van der Waals surface area contributed by atoms with Crippen LogP contribution in [0.25, 0.3) is 0 Å². The van der Waals surface area contributed by atoms with Crippen LogP contribution in [0.2, 0.25) is 0 Å². The number of rotatable bonds is 6. The highest BCUT2D eigenvalue weighted by Gasteiger charge is 2.34. The zero-order chi connectivity index (χ0) is 14.6. The van der Waals surface area contributed by atoms with Crippen molar-refractivity contribution < 1.29 is 27.9 Å². The number of sulfone groups is 1. The summed E-state index contributed by atoms with van der Waals surface area (Å²) in [5, 5.41) is 7.13. The second-order valence-corrected chi connectivity index (χ2v) is 6.98. The number of aliphatic carboxylic acids is 1. The average Bonchev–Trinajstić information content (AvgIpc) is 2.08. The number of hydrogen-bond donors (Lipinski definition) is 2. The predicted molar refractivity (Wildman–Crippen MR) is 64.7 cm³/mol. The molecule has 0 aliphatic heterocycles.